The summed E-state index contributed by atoms with van der Waals surface area (Å²) in [5.41, 5.74) is 0. The molecule has 0 saturated heterocycles. The van der Waals surface area contributed by atoms with Gasteiger partial charge in [-0.2, -0.15) is 0 Å². The van der Waals surface area contributed by atoms with Gasteiger partial charge in [-0.1, -0.05) is 48.6 Å². The number of benzene rings is 1. The molecule has 0 unspecified atom stereocenters. The van der Waals surface area contributed by atoms with Crippen molar-refractivity contribution in [3.63, 3.8) is 0 Å². The van der Waals surface area contributed by atoms with E-state index in [4.69, 9.17) is 9.84 Å². The van der Waals surface area contributed by atoms with Gasteiger partial charge >= 0.3 is 5.97 Å². The Labute approximate surface area is 159 Å². The molecule has 0 aromatic heterocycles. The lowest BCUT2D eigenvalue weighted by atomic mass is 9.90. The van der Waals surface area contributed by atoms with Gasteiger partial charge in [0.15, 0.2) is 5.78 Å². The Hall–Kier alpha value is -2.66. The lowest BCUT2D eigenvalue weighted by Crippen LogP contribution is -2.17. The van der Waals surface area contributed by atoms with E-state index < -0.39 is 12.1 Å². The standard InChI is InChI=1S/C22H26O5/c23-18(16-27-19-8-4-3-5-9-19)14-12-17-13-15-21(24)20(17)10-6-1-2-7-11-22(25)26/h1,3-6,8-9,12-15,17-18,20,23H,2,7,10-11,16H2,(H,25,26)/b6-1-,14-12?/t17-,18+,20+/m0/s1. The van der Waals surface area contributed by atoms with Crippen molar-refractivity contribution in [2.75, 3.05) is 6.61 Å². The number of aliphatic hydroxyl groups is 1. The largest absolute Gasteiger partial charge is 0.491 e. The van der Waals surface area contributed by atoms with E-state index in [1.54, 1.807) is 12.2 Å². The first-order valence-electron chi connectivity index (χ1n) is 9.19. The van der Waals surface area contributed by atoms with Gasteiger partial charge in [0.1, 0.15) is 18.5 Å². The van der Waals surface area contributed by atoms with Crippen LogP contribution in [0.4, 0.5) is 0 Å². The highest BCUT2D eigenvalue weighted by molar-refractivity contribution is 5.95. The molecule has 2 rings (SSSR count). The number of ether oxygens (including phenoxy) is 1. The van der Waals surface area contributed by atoms with Gasteiger partial charge in [0.05, 0.1) is 0 Å². The molecule has 0 radical (unpaired) electrons. The molecule has 0 aliphatic heterocycles. The molecule has 0 saturated carbocycles. The number of aliphatic hydroxyl groups excluding tert-OH is 1. The fraction of sp³-hybridized carbons (Fsp3) is 0.364. The lowest BCUT2D eigenvalue weighted by molar-refractivity contribution is -0.137. The van der Waals surface area contributed by atoms with Crippen molar-refractivity contribution >= 4 is 11.8 Å². The van der Waals surface area contributed by atoms with E-state index in [2.05, 4.69) is 0 Å². The zero-order valence-electron chi connectivity index (χ0n) is 15.2. The molecular formula is C22H26O5. The molecule has 0 spiro atoms. The molecule has 0 bridgehead atoms. The van der Waals surface area contributed by atoms with Crippen LogP contribution in [-0.4, -0.2) is 34.7 Å². The quantitative estimate of drug-likeness (QED) is 0.460. The molecule has 0 fully saturated rings. The van der Waals surface area contributed by atoms with Crippen LogP contribution in [0.1, 0.15) is 25.7 Å². The monoisotopic (exact) mass is 370 g/mol. The Bertz CT molecular complexity index is 690. The van der Waals surface area contributed by atoms with Crippen LogP contribution in [0, 0.1) is 11.8 Å². The number of carbonyl (C=O) groups excluding carboxylic acids is 1. The van der Waals surface area contributed by atoms with Crippen molar-refractivity contribution in [1.29, 1.82) is 0 Å². The third-order valence-corrected chi connectivity index (χ3v) is 4.35. The topological polar surface area (TPSA) is 83.8 Å². The molecule has 3 atom stereocenters. The second-order valence-corrected chi connectivity index (χ2v) is 6.51. The molecule has 5 nitrogen and oxygen atoms in total. The summed E-state index contributed by atoms with van der Waals surface area (Å²) >= 11 is 0. The third kappa shape index (κ3) is 7.62. The summed E-state index contributed by atoms with van der Waals surface area (Å²) < 4.78 is 5.51. The summed E-state index contributed by atoms with van der Waals surface area (Å²) in [7, 11) is 0. The van der Waals surface area contributed by atoms with Crippen LogP contribution >= 0.6 is 0 Å². The number of hydrogen-bond donors (Lipinski definition) is 2. The number of allylic oxidation sites excluding steroid dienone is 5. The number of carbonyl (C=O) groups is 2. The average molecular weight is 370 g/mol. The second-order valence-electron chi connectivity index (χ2n) is 6.51. The highest BCUT2D eigenvalue weighted by Gasteiger charge is 2.27. The van der Waals surface area contributed by atoms with Crippen LogP contribution in [0.15, 0.2) is 66.8 Å². The summed E-state index contributed by atoms with van der Waals surface area (Å²) in [5.74, 6) is -0.230. The Morgan fingerprint density at radius 3 is 2.74 bits per heavy atom. The van der Waals surface area contributed by atoms with E-state index in [0.29, 0.717) is 25.0 Å². The van der Waals surface area contributed by atoms with E-state index in [9.17, 15) is 14.7 Å². The normalized spacial score (nSPS) is 20.6. The summed E-state index contributed by atoms with van der Waals surface area (Å²) in [6.07, 6.45) is 12.1. The number of carboxylic acid groups (broad SMARTS) is 1. The molecule has 0 amide bonds. The highest BCUT2D eigenvalue weighted by Crippen LogP contribution is 2.27. The fourth-order valence-corrected chi connectivity index (χ4v) is 2.87. The SMILES string of the molecule is O=C(O)CCC/C=C\C[C@H]1C(=O)C=C[C@@H]1C=C[C@@H](O)COc1ccccc1. The van der Waals surface area contributed by atoms with Gasteiger partial charge in [-0.3, -0.25) is 9.59 Å². The van der Waals surface area contributed by atoms with Gasteiger partial charge in [-0.25, -0.2) is 0 Å². The minimum Gasteiger partial charge on any atom is -0.491 e. The van der Waals surface area contributed by atoms with Crippen molar-refractivity contribution in [2.24, 2.45) is 11.8 Å². The maximum absolute atomic E-state index is 12.0. The molecule has 1 aromatic carbocycles. The number of para-hydroxylation sites is 1. The van der Waals surface area contributed by atoms with E-state index in [-0.39, 0.29) is 30.6 Å². The van der Waals surface area contributed by atoms with Crippen molar-refractivity contribution < 1.29 is 24.5 Å². The van der Waals surface area contributed by atoms with Gasteiger partial charge in [0.2, 0.25) is 0 Å². The van der Waals surface area contributed by atoms with Gasteiger partial charge in [0.25, 0.3) is 0 Å². The van der Waals surface area contributed by atoms with Crippen LogP contribution in [0.25, 0.3) is 0 Å². The molecule has 0 heterocycles. The summed E-state index contributed by atoms with van der Waals surface area (Å²) in [4.78, 5) is 22.5. The van der Waals surface area contributed by atoms with Crippen molar-refractivity contribution in [1.82, 2.24) is 0 Å². The first-order valence-corrected chi connectivity index (χ1v) is 9.19. The molecular weight excluding hydrogens is 344 g/mol. The number of hydrogen-bond acceptors (Lipinski definition) is 4. The third-order valence-electron chi connectivity index (χ3n) is 4.35. The summed E-state index contributed by atoms with van der Waals surface area (Å²) in [5, 5.41) is 18.7. The Morgan fingerprint density at radius 1 is 1.22 bits per heavy atom. The van der Waals surface area contributed by atoms with E-state index in [1.807, 2.05) is 54.6 Å². The number of aliphatic carboxylic acids is 1. The molecule has 2 N–H and O–H groups in total. The Kier molecular flexibility index (Phi) is 8.52. The van der Waals surface area contributed by atoms with Gasteiger partial charge in [-0.15, -0.1) is 0 Å². The Morgan fingerprint density at radius 2 is 2.00 bits per heavy atom. The smallest absolute Gasteiger partial charge is 0.303 e. The van der Waals surface area contributed by atoms with E-state index >= 15 is 0 Å². The van der Waals surface area contributed by atoms with Crippen LogP contribution in [0.3, 0.4) is 0 Å². The average Bonchev–Trinajstić information content (AvgIpc) is 3.01. The minimum atomic E-state index is -0.793. The van der Waals surface area contributed by atoms with Gasteiger partial charge < -0.3 is 14.9 Å². The van der Waals surface area contributed by atoms with Crippen LogP contribution < -0.4 is 4.74 Å². The maximum atomic E-state index is 12.0. The maximum Gasteiger partial charge on any atom is 0.303 e. The molecule has 144 valence electrons. The first-order chi connectivity index (χ1) is 13.1. The predicted molar refractivity (Wildman–Crippen MR) is 103 cm³/mol. The van der Waals surface area contributed by atoms with E-state index in [0.717, 1.165) is 0 Å². The number of rotatable bonds is 11. The fourth-order valence-electron chi connectivity index (χ4n) is 2.87. The highest BCUT2D eigenvalue weighted by atomic mass is 16.5. The zero-order valence-corrected chi connectivity index (χ0v) is 15.2. The summed E-state index contributed by atoms with van der Waals surface area (Å²) in [6.45, 7) is 0.152. The van der Waals surface area contributed by atoms with Crippen molar-refractivity contribution in [2.45, 2.75) is 31.8 Å². The van der Waals surface area contributed by atoms with Gasteiger partial charge in [0, 0.05) is 18.3 Å². The first kappa shape index (κ1) is 20.6. The minimum absolute atomic E-state index is 0.0486. The number of carboxylic acids is 1. The second kappa shape index (κ2) is 11.1. The predicted octanol–water partition coefficient (Wildman–Crippen LogP) is 3.56. The lowest BCUT2D eigenvalue weighted by Gasteiger charge is -2.14. The van der Waals surface area contributed by atoms with E-state index in [1.165, 1.54) is 0 Å². The molecule has 1 aliphatic carbocycles. The van der Waals surface area contributed by atoms with Crippen molar-refractivity contribution in [3.8, 4) is 5.75 Å². The van der Waals surface area contributed by atoms with Crippen LogP contribution in [-0.2, 0) is 9.59 Å². The molecule has 27 heavy (non-hydrogen) atoms. The van der Waals surface area contributed by atoms with Crippen LogP contribution in [0.2, 0.25) is 0 Å². The van der Waals surface area contributed by atoms with Gasteiger partial charge in [-0.05, 0) is 37.5 Å². The number of unbranched alkanes of at least 4 members (excludes halogenated alkanes) is 1. The molecule has 1 aromatic rings. The molecule has 5 heteroatoms. The Balaban J connectivity index is 1.76. The van der Waals surface area contributed by atoms with Crippen molar-refractivity contribution in [3.05, 3.63) is 66.8 Å². The summed E-state index contributed by atoms with van der Waals surface area (Å²) in [6, 6.07) is 9.28. The zero-order chi connectivity index (χ0) is 19.5. The number of ketones is 1. The van der Waals surface area contributed by atoms with Crippen LogP contribution in [0.5, 0.6) is 5.75 Å². The molecule has 1 aliphatic rings.